The lowest BCUT2D eigenvalue weighted by atomic mass is 9.83. The lowest BCUT2D eigenvalue weighted by Gasteiger charge is -2.35. The Morgan fingerprint density at radius 3 is 2.76 bits per heavy atom. The first-order valence-corrected chi connectivity index (χ1v) is 7.41. The molecule has 6 nitrogen and oxygen atoms in total. The number of esters is 1. The highest BCUT2D eigenvalue weighted by Gasteiger charge is 2.51. The second kappa shape index (κ2) is 6.77. The van der Waals surface area contributed by atoms with Gasteiger partial charge in [-0.3, -0.25) is 4.79 Å². The molecule has 1 aliphatic heterocycles. The minimum Gasteiger partial charge on any atom is -0.462 e. The number of carbonyl (C=O) groups is 1. The Balaban J connectivity index is 2.14. The van der Waals surface area contributed by atoms with Crippen molar-refractivity contribution < 1.29 is 29.6 Å². The lowest BCUT2D eigenvalue weighted by molar-refractivity contribution is -0.191. The maximum Gasteiger partial charge on any atom is 0.309 e. The van der Waals surface area contributed by atoms with E-state index < -0.39 is 18.3 Å². The summed E-state index contributed by atoms with van der Waals surface area (Å²) in [5.74, 6) is -1.04. The summed E-state index contributed by atoms with van der Waals surface area (Å²) in [7, 11) is 0. The van der Waals surface area contributed by atoms with E-state index in [1.165, 1.54) is 6.26 Å². The third kappa shape index (κ3) is 3.39. The number of aliphatic hydroxyl groups excluding tert-OH is 3. The van der Waals surface area contributed by atoms with Gasteiger partial charge in [0.15, 0.2) is 0 Å². The Morgan fingerprint density at radius 2 is 2.19 bits per heavy atom. The van der Waals surface area contributed by atoms with Crippen molar-refractivity contribution in [3.05, 3.63) is 11.8 Å². The molecule has 21 heavy (non-hydrogen) atoms. The van der Waals surface area contributed by atoms with Crippen molar-refractivity contribution in [2.75, 3.05) is 13.2 Å². The van der Waals surface area contributed by atoms with Crippen LogP contribution in [0.2, 0.25) is 0 Å². The number of carbonyl (C=O) groups excluding carboxylic acids is 1. The molecule has 0 radical (unpaired) electrons. The van der Waals surface area contributed by atoms with Gasteiger partial charge in [-0.2, -0.15) is 0 Å². The molecule has 120 valence electrons. The van der Waals surface area contributed by atoms with Crippen molar-refractivity contribution in [1.29, 1.82) is 0 Å². The number of rotatable bonds is 5. The van der Waals surface area contributed by atoms with Crippen LogP contribution in [0.3, 0.4) is 0 Å². The molecular formula is C15H24O6. The van der Waals surface area contributed by atoms with Gasteiger partial charge in [0.25, 0.3) is 0 Å². The monoisotopic (exact) mass is 300 g/mol. The molecule has 1 heterocycles. The summed E-state index contributed by atoms with van der Waals surface area (Å²) in [6, 6.07) is 0. The maximum absolute atomic E-state index is 11.8. The molecule has 0 aromatic heterocycles. The van der Waals surface area contributed by atoms with Gasteiger partial charge in [0.2, 0.25) is 6.29 Å². The van der Waals surface area contributed by atoms with Gasteiger partial charge in [-0.05, 0) is 23.8 Å². The van der Waals surface area contributed by atoms with Crippen LogP contribution in [0.25, 0.3) is 0 Å². The molecule has 0 saturated heterocycles. The zero-order chi connectivity index (χ0) is 15.6. The molecular weight excluding hydrogens is 276 g/mol. The van der Waals surface area contributed by atoms with Gasteiger partial charge in [0.05, 0.1) is 19.0 Å². The molecule has 0 bridgehead atoms. The molecule has 2 rings (SSSR count). The third-order valence-electron chi connectivity index (χ3n) is 4.31. The Bertz CT molecular complexity index is 405. The highest BCUT2D eigenvalue weighted by molar-refractivity contribution is 5.69. The molecule has 2 aliphatic rings. The molecule has 1 fully saturated rings. The fourth-order valence-corrected chi connectivity index (χ4v) is 3.28. The minimum absolute atomic E-state index is 0.132. The topological polar surface area (TPSA) is 96.2 Å². The SMILES string of the molecule is CC(C)CC(=O)O[C@@H]1OC=C(CO)[C@H]2C[C@H](O)[C@H](CO)[C@@H]12. The first-order chi connectivity index (χ1) is 9.97. The van der Waals surface area contributed by atoms with Crippen molar-refractivity contribution in [3.8, 4) is 0 Å². The fraction of sp³-hybridized carbons (Fsp3) is 0.800. The van der Waals surface area contributed by atoms with Crippen LogP contribution >= 0.6 is 0 Å². The first kappa shape index (κ1) is 16.3. The predicted octanol–water partition coefficient (Wildman–Crippen LogP) is 0.414. The van der Waals surface area contributed by atoms with E-state index in [-0.39, 0.29) is 36.9 Å². The zero-order valence-electron chi connectivity index (χ0n) is 12.4. The van der Waals surface area contributed by atoms with Crippen molar-refractivity contribution in [1.82, 2.24) is 0 Å². The average molecular weight is 300 g/mol. The number of hydrogen-bond donors (Lipinski definition) is 3. The highest BCUT2D eigenvalue weighted by Crippen LogP contribution is 2.46. The van der Waals surface area contributed by atoms with E-state index in [1.54, 1.807) is 0 Å². The minimum atomic E-state index is -0.814. The van der Waals surface area contributed by atoms with Crippen LogP contribution in [-0.4, -0.2) is 46.9 Å². The van der Waals surface area contributed by atoms with Crippen LogP contribution in [0.1, 0.15) is 26.7 Å². The first-order valence-electron chi connectivity index (χ1n) is 7.41. The van der Waals surface area contributed by atoms with Gasteiger partial charge in [-0.15, -0.1) is 0 Å². The van der Waals surface area contributed by atoms with E-state index in [9.17, 15) is 20.1 Å². The van der Waals surface area contributed by atoms with Crippen LogP contribution < -0.4 is 0 Å². The van der Waals surface area contributed by atoms with Crippen molar-refractivity contribution in [3.63, 3.8) is 0 Å². The van der Waals surface area contributed by atoms with Gasteiger partial charge in [-0.1, -0.05) is 13.8 Å². The summed E-state index contributed by atoms with van der Waals surface area (Å²) >= 11 is 0. The van der Waals surface area contributed by atoms with Crippen molar-refractivity contribution in [2.45, 2.75) is 39.1 Å². The molecule has 1 aliphatic carbocycles. The summed E-state index contributed by atoms with van der Waals surface area (Å²) in [6.45, 7) is 3.47. The van der Waals surface area contributed by atoms with Crippen LogP contribution in [0, 0.1) is 23.7 Å². The second-order valence-corrected chi connectivity index (χ2v) is 6.28. The standard InChI is InChI=1S/C15H24O6/c1-8(2)3-13(19)21-15-14-10(9(5-16)7-20-15)4-12(18)11(14)6-17/h7-8,10-12,14-18H,3-6H2,1-2H3/t10-,11+,12+,14+,15+/m1/s1. The van der Waals surface area contributed by atoms with Crippen molar-refractivity contribution in [2.24, 2.45) is 23.7 Å². The van der Waals surface area contributed by atoms with E-state index >= 15 is 0 Å². The summed E-state index contributed by atoms with van der Waals surface area (Å²) in [5.41, 5.74) is 0.672. The summed E-state index contributed by atoms with van der Waals surface area (Å²) in [6.07, 6.45) is 0.643. The molecule has 0 aromatic rings. The van der Waals surface area contributed by atoms with Crippen LogP contribution in [-0.2, 0) is 14.3 Å². The Labute approximate surface area is 124 Å². The lowest BCUT2D eigenvalue weighted by Crippen LogP contribution is -2.40. The Kier molecular flexibility index (Phi) is 5.24. The highest BCUT2D eigenvalue weighted by atomic mass is 16.7. The molecule has 0 spiro atoms. The van der Waals surface area contributed by atoms with Gasteiger partial charge < -0.3 is 24.8 Å². The van der Waals surface area contributed by atoms with E-state index in [0.29, 0.717) is 18.4 Å². The number of fused-ring (bicyclic) bond motifs is 1. The smallest absolute Gasteiger partial charge is 0.309 e. The van der Waals surface area contributed by atoms with Crippen LogP contribution in [0.5, 0.6) is 0 Å². The maximum atomic E-state index is 11.8. The summed E-state index contributed by atoms with van der Waals surface area (Å²) < 4.78 is 10.8. The fourth-order valence-electron chi connectivity index (χ4n) is 3.28. The molecule has 3 N–H and O–H groups in total. The molecule has 6 heteroatoms. The van der Waals surface area contributed by atoms with Crippen LogP contribution in [0.15, 0.2) is 11.8 Å². The van der Waals surface area contributed by atoms with Crippen LogP contribution in [0.4, 0.5) is 0 Å². The van der Waals surface area contributed by atoms with Gasteiger partial charge in [-0.25, -0.2) is 0 Å². The quantitative estimate of drug-likeness (QED) is 0.637. The molecule has 1 saturated carbocycles. The van der Waals surface area contributed by atoms with Gasteiger partial charge >= 0.3 is 5.97 Å². The van der Waals surface area contributed by atoms with E-state index in [4.69, 9.17) is 9.47 Å². The largest absolute Gasteiger partial charge is 0.462 e. The molecule has 0 aromatic carbocycles. The van der Waals surface area contributed by atoms with E-state index in [0.717, 1.165) is 0 Å². The third-order valence-corrected chi connectivity index (χ3v) is 4.31. The second-order valence-electron chi connectivity index (χ2n) is 6.28. The number of ether oxygens (including phenoxy) is 2. The predicted molar refractivity (Wildman–Crippen MR) is 73.8 cm³/mol. The van der Waals surface area contributed by atoms with E-state index in [1.807, 2.05) is 13.8 Å². The zero-order valence-corrected chi connectivity index (χ0v) is 12.4. The molecule has 5 atom stereocenters. The number of aliphatic hydroxyl groups is 3. The average Bonchev–Trinajstić information content (AvgIpc) is 2.74. The normalized spacial score (nSPS) is 35.1. The Hall–Kier alpha value is -1.11. The summed E-state index contributed by atoms with van der Waals surface area (Å²) in [4.78, 5) is 11.8. The Morgan fingerprint density at radius 1 is 1.48 bits per heavy atom. The molecule has 0 unspecified atom stereocenters. The summed E-state index contributed by atoms with van der Waals surface area (Å²) in [5, 5.41) is 28.9. The van der Waals surface area contributed by atoms with E-state index in [2.05, 4.69) is 0 Å². The number of hydrogen-bond acceptors (Lipinski definition) is 6. The molecule has 0 amide bonds. The van der Waals surface area contributed by atoms with Crippen molar-refractivity contribution >= 4 is 5.97 Å². The van der Waals surface area contributed by atoms with Gasteiger partial charge in [0, 0.05) is 24.9 Å². The van der Waals surface area contributed by atoms with Gasteiger partial charge in [0.1, 0.15) is 0 Å².